The van der Waals surface area contributed by atoms with Crippen molar-refractivity contribution in [2.24, 2.45) is 11.7 Å². The van der Waals surface area contributed by atoms with Crippen molar-refractivity contribution in [3.63, 3.8) is 0 Å². The monoisotopic (exact) mass is 212 g/mol. The molecule has 0 aromatic heterocycles. The van der Waals surface area contributed by atoms with E-state index in [0.717, 1.165) is 32.4 Å². The Balaban J connectivity index is 2.23. The predicted molar refractivity (Wildman–Crippen MR) is 62.5 cm³/mol. The number of rotatable bonds is 5. The van der Waals surface area contributed by atoms with E-state index in [1.807, 2.05) is 4.90 Å². The lowest BCUT2D eigenvalue weighted by molar-refractivity contribution is -0.139. The standard InChI is InChI=1S/C12H24N2O/c1-4-7-12(13)8-14(9-12)11(15)6-5-10(2)3/h10H,4-9,13H2,1-3H3. The van der Waals surface area contributed by atoms with Crippen molar-refractivity contribution in [2.45, 2.75) is 52.0 Å². The van der Waals surface area contributed by atoms with Crippen molar-refractivity contribution in [3.8, 4) is 0 Å². The van der Waals surface area contributed by atoms with E-state index in [1.165, 1.54) is 0 Å². The highest BCUT2D eigenvalue weighted by atomic mass is 16.2. The molecule has 1 saturated heterocycles. The topological polar surface area (TPSA) is 46.3 Å². The van der Waals surface area contributed by atoms with Gasteiger partial charge in [0.1, 0.15) is 0 Å². The van der Waals surface area contributed by atoms with E-state index < -0.39 is 0 Å². The van der Waals surface area contributed by atoms with Gasteiger partial charge in [0.05, 0.1) is 5.54 Å². The van der Waals surface area contributed by atoms with Gasteiger partial charge < -0.3 is 10.6 Å². The SMILES string of the molecule is CCCC1(N)CN(C(=O)CCC(C)C)C1. The van der Waals surface area contributed by atoms with Crippen LogP contribution in [0.3, 0.4) is 0 Å². The van der Waals surface area contributed by atoms with Crippen LogP contribution in [0, 0.1) is 5.92 Å². The van der Waals surface area contributed by atoms with Gasteiger partial charge in [0, 0.05) is 19.5 Å². The van der Waals surface area contributed by atoms with Gasteiger partial charge in [-0.3, -0.25) is 4.79 Å². The Morgan fingerprint density at radius 2 is 2.07 bits per heavy atom. The molecule has 3 heteroatoms. The lowest BCUT2D eigenvalue weighted by Gasteiger charge is -2.48. The van der Waals surface area contributed by atoms with Gasteiger partial charge in [-0.15, -0.1) is 0 Å². The zero-order valence-corrected chi connectivity index (χ0v) is 10.3. The summed E-state index contributed by atoms with van der Waals surface area (Å²) in [7, 11) is 0. The van der Waals surface area contributed by atoms with E-state index in [9.17, 15) is 4.79 Å². The quantitative estimate of drug-likeness (QED) is 0.755. The molecule has 0 unspecified atom stereocenters. The Kier molecular flexibility index (Phi) is 4.14. The van der Waals surface area contributed by atoms with Gasteiger partial charge in [0.2, 0.25) is 5.91 Å². The van der Waals surface area contributed by atoms with Gasteiger partial charge in [0.15, 0.2) is 0 Å². The summed E-state index contributed by atoms with van der Waals surface area (Å²) in [6.45, 7) is 7.95. The summed E-state index contributed by atoms with van der Waals surface area (Å²) in [5.74, 6) is 0.884. The summed E-state index contributed by atoms with van der Waals surface area (Å²) in [6.07, 6.45) is 3.80. The maximum Gasteiger partial charge on any atom is 0.222 e. The first-order valence-corrected chi connectivity index (χ1v) is 6.03. The maximum atomic E-state index is 11.7. The lowest BCUT2D eigenvalue weighted by atomic mass is 9.86. The molecule has 0 atom stereocenters. The van der Waals surface area contributed by atoms with Gasteiger partial charge in [-0.1, -0.05) is 27.2 Å². The Morgan fingerprint density at radius 3 is 2.53 bits per heavy atom. The van der Waals surface area contributed by atoms with Gasteiger partial charge in [-0.05, 0) is 18.8 Å². The van der Waals surface area contributed by atoms with Gasteiger partial charge in [-0.25, -0.2) is 0 Å². The normalized spacial score (nSPS) is 19.1. The molecule has 0 aliphatic carbocycles. The second-order valence-corrected chi connectivity index (χ2v) is 5.29. The first kappa shape index (κ1) is 12.5. The highest BCUT2D eigenvalue weighted by Crippen LogP contribution is 2.24. The number of amides is 1. The third-order valence-electron chi connectivity index (χ3n) is 3.05. The van der Waals surface area contributed by atoms with E-state index in [4.69, 9.17) is 5.73 Å². The minimum atomic E-state index is -0.0811. The van der Waals surface area contributed by atoms with Crippen LogP contribution >= 0.6 is 0 Å². The zero-order valence-electron chi connectivity index (χ0n) is 10.3. The molecule has 1 rings (SSSR count). The minimum Gasteiger partial charge on any atom is -0.339 e. The van der Waals surface area contributed by atoms with Crippen LogP contribution in [0.5, 0.6) is 0 Å². The molecule has 1 aliphatic heterocycles. The maximum absolute atomic E-state index is 11.7. The average Bonchev–Trinajstić information content (AvgIpc) is 2.10. The molecule has 1 fully saturated rings. The Morgan fingerprint density at radius 1 is 1.47 bits per heavy atom. The lowest BCUT2D eigenvalue weighted by Crippen LogP contribution is -2.68. The molecule has 0 aromatic carbocycles. The molecule has 0 bridgehead atoms. The second kappa shape index (κ2) is 4.97. The van der Waals surface area contributed by atoms with Crippen LogP contribution in [0.4, 0.5) is 0 Å². The number of hydrogen-bond donors (Lipinski definition) is 1. The number of nitrogens with two attached hydrogens (primary N) is 1. The van der Waals surface area contributed by atoms with E-state index in [0.29, 0.717) is 12.3 Å². The number of carbonyl (C=O) groups excluding carboxylic acids is 1. The summed E-state index contributed by atoms with van der Waals surface area (Å²) >= 11 is 0. The summed E-state index contributed by atoms with van der Waals surface area (Å²) in [5.41, 5.74) is 6.02. The van der Waals surface area contributed by atoms with Crippen molar-refractivity contribution < 1.29 is 4.79 Å². The van der Waals surface area contributed by atoms with Crippen molar-refractivity contribution in [3.05, 3.63) is 0 Å². The molecule has 2 N–H and O–H groups in total. The van der Waals surface area contributed by atoms with Crippen LogP contribution in [-0.2, 0) is 4.79 Å². The molecular formula is C12H24N2O. The van der Waals surface area contributed by atoms with E-state index in [-0.39, 0.29) is 11.4 Å². The van der Waals surface area contributed by atoms with Crippen LogP contribution in [0.15, 0.2) is 0 Å². The van der Waals surface area contributed by atoms with Gasteiger partial charge in [-0.2, -0.15) is 0 Å². The summed E-state index contributed by atoms with van der Waals surface area (Å²) in [4.78, 5) is 13.6. The Labute approximate surface area is 93.0 Å². The number of hydrogen-bond acceptors (Lipinski definition) is 2. The molecule has 0 aromatic rings. The number of likely N-dealkylation sites (tertiary alicyclic amines) is 1. The van der Waals surface area contributed by atoms with Gasteiger partial charge >= 0.3 is 0 Å². The first-order chi connectivity index (χ1) is 6.97. The van der Waals surface area contributed by atoms with E-state index in [2.05, 4.69) is 20.8 Å². The molecule has 1 heterocycles. The molecule has 88 valence electrons. The molecule has 0 saturated carbocycles. The van der Waals surface area contributed by atoms with Crippen molar-refractivity contribution >= 4 is 5.91 Å². The van der Waals surface area contributed by atoms with Crippen molar-refractivity contribution in [1.29, 1.82) is 0 Å². The van der Waals surface area contributed by atoms with Crippen LogP contribution in [-0.4, -0.2) is 29.4 Å². The number of nitrogens with zero attached hydrogens (tertiary/aromatic N) is 1. The predicted octanol–water partition coefficient (Wildman–Crippen LogP) is 1.76. The fourth-order valence-corrected chi connectivity index (χ4v) is 2.12. The van der Waals surface area contributed by atoms with Crippen molar-refractivity contribution in [1.82, 2.24) is 4.90 Å². The average molecular weight is 212 g/mol. The van der Waals surface area contributed by atoms with Crippen LogP contribution in [0.1, 0.15) is 46.5 Å². The summed E-state index contributed by atoms with van der Waals surface area (Å²) in [5, 5.41) is 0. The second-order valence-electron chi connectivity index (χ2n) is 5.29. The highest BCUT2D eigenvalue weighted by molar-refractivity contribution is 5.77. The Hall–Kier alpha value is -0.570. The third-order valence-corrected chi connectivity index (χ3v) is 3.05. The molecule has 1 amide bonds. The fourth-order valence-electron chi connectivity index (χ4n) is 2.12. The molecule has 1 aliphatic rings. The van der Waals surface area contributed by atoms with E-state index in [1.54, 1.807) is 0 Å². The summed E-state index contributed by atoms with van der Waals surface area (Å²) < 4.78 is 0. The Bertz CT molecular complexity index is 220. The summed E-state index contributed by atoms with van der Waals surface area (Å²) in [6, 6.07) is 0. The van der Waals surface area contributed by atoms with Crippen molar-refractivity contribution in [2.75, 3.05) is 13.1 Å². The zero-order chi connectivity index (χ0) is 11.5. The number of carbonyl (C=O) groups is 1. The van der Waals surface area contributed by atoms with Crippen LogP contribution < -0.4 is 5.73 Å². The molecule has 0 spiro atoms. The first-order valence-electron chi connectivity index (χ1n) is 6.03. The third kappa shape index (κ3) is 3.49. The molecule has 0 radical (unpaired) electrons. The van der Waals surface area contributed by atoms with Gasteiger partial charge in [0.25, 0.3) is 0 Å². The van der Waals surface area contributed by atoms with Crippen LogP contribution in [0.25, 0.3) is 0 Å². The van der Waals surface area contributed by atoms with E-state index >= 15 is 0 Å². The molecule has 15 heavy (non-hydrogen) atoms. The highest BCUT2D eigenvalue weighted by Gasteiger charge is 2.40. The smallest absolute Gasteiger partial charge is 0.222 e. The largest absolute Gasteiger partial charge is 0.339 e. The molecular weight excluding hydrogens is 188 g/mol. The fraction of sp³-hybridized carbons (Fsp3) is 0.917. The molecule has 3 nitrogen and oxygen atoms in total. The minimum absolute atomic E-state index is 0.0811. The van der Waals surface area contributed by atoms with Crippen LogP contribution in [0.2, 0.25) is 0 Å².